The molecule has 2 rings (SSSR count). The van der Waals surface area contributed by atoms with Crippen molar-refractivity contribution in [2.75, 3.05) is 12.3 Å². The van der Waals surface area contributed by atoms with Gasteiger partial charge in [0.25, 0.3) is 0 Å². The van der Waals surface area contributed by atoms with Crippen LogP contribution in [0, 0.1) is 5.82 Å². The summed E-state index contributed by atoms with van der Waals surface area (Å²) in [5.41, 5.74) is 1.06. The van der Waals surface area contributed by atoms with Gasteiger partial charge in [0.15, 0.2) is 9.84 Å². The predicted octanol–water partition coefficient (Wildman–Crippen LogP) is 3.13. The minimum Gasteiger partial charge on any atom is -0.356 e. The van der Waals surface area contributed by atoms with E-state index in [1.165, 1.54) is 24.3 Å². The number of hydrogen-bond donors (Lipinski definition) is 1. The highest BCUT2D eigenvalue weighted by Gasteiger charge is 2.15. The Labute approximate surface area is 148 Å². The molecule has 4 nitrogen and oxygen atoms in total. The molecule has 2 aromatic carbocycles. The quantitative estimate of drug-likeness (QED) is 0.696. The molecular weight excluding hydrogens is 341 g/mol. The van der Waals surface area contributed by atoms with E-state index in [4.69, 9.17) is 0 Å². The van der Waals surface area contributed by atoms with Crippen LogP contribution >= 0.6 is 0 Å². The summed E-state index contributed by atoms with van der Waals surface area (Å²) in [6.07, 6.45) is 2.43. The molecule has 0 unspecified atom stereocenters. The number of unbranched alkanes of at least 4 members (excludes halogenated alkanes) is 1. The maximum atomic E-state index is 12.8. The molecule has 0 atom stereocenters. The van der Waals surface area contributed by atoms with Gasteiger partial charge in [0.05, 0.1) is 10.6 Å². The molecule has 0 aliphatic carbocycles. The first kappa shape index (κ1) is 19.1. The summed E-state index contributed by atoms with van der Waals surface area (Å²) in [6, 6.07) is 14.5. The van der Waals surface area contributed by atoms with Crippen LogP contribution in [0.5, 0.6) is 0 Å². The second-order valence-electron chi connectivity index (χ2n) is 5.82. The molecule has 0 saturated heterocycles. The molecular formula is C19H22FNO3S. The standard InChI is InChI=1S/C19H22FNO3S/c20-17-11-9-16(10-12-17)6-4-5-14-21-19(22)13-15-25(23,24)18-7-2-1-3-8-18/h1-3,7-12H,4-6,13-15H2,(H,21,22). The number of amides is 1. The zero-order chi connectivity index (χ0) is 18.1. The first-order valence-electron chi connectivity index (χ1n) is 8.26. The lowest BCUT2D eigenvalue weighted by Gasteiger charge is -2.07. The lowest BCUT2D eigenvalue weighted by atomic mass is 10.1. The molecule has 0 heterocycles. The normalized spacial score (nSPS) is 11.2. The van der Waals surface area contributed by atoms with Crippen LogP contribution in [-0.4, -0.2) is 26.6 Å². The maximum Gasteiger partial charge on any atom is 0.221 e. The number of aryl methyl sites for hydroxylation is 1. The third-order valence-corrected chi connectivity index (χ3v) is 5.56. The van der Waals surface area contributed by atoms with Gasteiger partial charge < -0.3 is 5.32 Å². The lowest BCUT2D eigenvalue weighted by molar-refractivity contribution is -0.120. The zero-order valence-electron chi connectivity index (χ0n) is 13.9. The molecule has 1 amide bonds. The number of hydrogen-bond acceptors (Lipinski definition) is 3. The van der Waals surface area contributed by atoms with Gasteiger partial charge in [-0.1, -0.05) is 30.3 Å². The van der Waals surface area contributed by atoms with Crippen LogP contribution < -0.4 is 5.32 Å². The zero-order valence-corrected chi connectivity index (χ0v) is 14.8. The molecule has 0 spiro atoms. The number of nitrogens with one attached hydrogen (secondary N) is 1. The number of halogens is 1. The molecule has 0 bridgehead atoms. The minimum absolute atomic E-state index is 0.0464. The Morgan fingerprint density at radius 1 is 0.960 bits per heavy atom. The molecule has 0 saturated carbocycles. The predicted molar refractivity (Wildman–Crippen MR) is 95.5 cm³/mol. The van der Waals surface area contributed by atoms with Crippen molar-refractivity contribution in [3.63, 3.8) is 0 Å². The molecule has 0 aliphatic rings. The van der Waals surface area contributed by atoms with Crippen molar-refractivity contribution in [3.8, 4) is 0 Å². The van der Waals surface area contributed by atoms with Crippen LogP contribution in [0.2, 0.25) is 0 Å². The first-order chi connectivity index (χ1) is 12.0. The van der Waals surface area contributed by atoms with Crippen molar-refractivity contribution >= 4 is 15.7 Å². The maximum absolute atomic E-state index is 12.8. The van der Waals surface area contributed by atoms with Gasteiger partial charge in [-0.25, -0.2) is 12.8 Å². The van der Waals surface area contributed by atoms with Crippen molar-refractivity contribution in [2.24, 2.45) is 0 Å². The van der Waals surface area contributed by atoms with Crippen molar-refractivity contribution in [1.82, 2.24) is 5.32 Å². The number of rotatable bonds is 9. The molecule has 6 heteroatoms. The first-order valence-corrected chi connectivity index (χ1v) is 9.91. The number of carbonyl (C=O) groups is 1. The Kier molecular flexibility index (Phi) is 7.13. The van der Waals surface area contributed by atoms with Gasteiger partial charge in [-0.2, -0.15) is 0 Å². The van der Waals surface area contributed by atoms with E-state index < -0.39 is 9.84 Å². The summed E-state index contributed by atoms with van der Waals surface area (Å²) in [7, 11) is -3.42. The Morgan fingerprint density at radius 3 is 2.32 bits per heavy atom. The van der Waals surface area contributed by atoms with E-state index in [0.717, 1.165) is 24.8 Å². The SMILES string of the molecule is O=C(CCS(=O)(=O)c1ccccc1)NCCCCc1ccc(F)cc1. The average Bonchev–Trinajstić information content (AvgIpc) is 2.62. The topological polar surface area (TPSA) is 63.2 Å². The van der Waals surface area contributed by atoms with Crippen LogP contribution in [0.3, 0.4) is 0 Å². The summed E-state index contributed by atoms with van der Waals surface area (Å²) < 4.78 is 37.0. The van der Waals surface area contributed by atoms with E-state index in [2.05, 4.69) is 5.32 Å². The fraction of sp³-hybridized carbons (Fsp3) is 0.316. The van der Waals surface area contributed by atoms with Gasteiger partial charge >= 0.3 is 0 Å². The molecule has 0 aromatic heterocycles. The second kappa shape index (κ2) is 9.32. The molecule has 134 valence electrons. The van der Waals surface area contributed by atoms with Crippen molar-refractivity contribution in [2.45, 2.75) is 30.6 Å². The van der Waals surface area contributed by atoms with Gasteiger partial charge in [0.2, 0.25) is 5.91 Å². The number of sulfone groups is 1. The van der Waals surface area contributed by atoms with Crippen molar-refractivity contribution in [1.29, 1.82) is 0 Å². The summed E-state index contributed by atoms with van der Waals surface area (Å²) in [5.74, 6) is -0.707. The molecule has 25 heavy (non-hydrogen) atoms. The summed E-state index contributed by atoms with van der Waals surface area (Å²) in [6.45, 7) is 0.505. The third kappa shape index (κ3) is 6.66. The molecule has 1 N–H and O–H groups in total. The third-order valence-electron chi connectivity index (χ3n) is 3.83. The van der Waals surface area contributed by atoms with Crippen molar-refractivity contribution in [3.05, 3.63) is 66.0 Å². The Hall–Kier alpha value is -2.21. The highest BCUT2D eigenvalue weighted by molar-refractivity contribution is 7.91. The monoisotopic (exact) mass is 363 g/mol. The van der Waals surface area contributed by atoms with Gasteiger partial charge in [-0.05, 0) is 49.1 Å². The van der Waals surface area contributed by atoms with Crippen LogP contribution in [-0.2, 0) is 21.1 Å². The molecule has 0 fully saturated rings. The van der Waals surface area contributed by atoms with Crippen LogP contribution in [0.4, 0.5) is 4.39 Å². The van der Waals surface area contributed by atoms with E-state index in [1.807, 2.05) is 0 Å². The summed E-state index contributed by atoms with van der Waals surface area (Å²) in [4.78, 5) is 12.0. The van der Waals surface area contributed by atoms with Crippen LogP contribution in [0.1, 0.15) is 24.8 Å². The lowest BCUT2D eigenvalue weighted by Crippen LogP contribution is -2.26. The van der Waals surface area contributed by atoms with E-state index in [-0.39, 0.29) is 28.8 Å². The molecule has 0 radical (unpaired) electrons. The van der Waals surface area contributed by atoms with E-state index >= 15 is 0 Å². The summed E-state index contributed by atoms with van der Waals surface area (Å²) >= 11 is 0. The second-order valence-corrected chi connectivity index (χ2v) is 7.92. The van der Waals surface area contributed by atoms with E-state index in [1.54, 1.807) is 30.3 Å². The van der Waals surface area contributed by atoms with E-state index in [9.17, 15) is 17.6 Å². The van der Waals surface area contributed by atoms with E-state index in [0.29, 0.717) is 6.54 Å². The highest BCUT2D eigenvalue weighted by Crippen LogP contribution is 2.11. The molecule has 2 aromatic rings. The molecule has 0 aliphatic heterocycles. The Bertz CT molecular complexity index is 774. The van der Waals surface area contributed by atoms with Crippen molar-refractivity contribution < 1.29 is 17.6 Å². The number of benzene rings is 2. The Morgan fingerprint density at radius 2 is 1.64 bits per heavy atom. The van der Waals surface area contributed by atoms with Gasteiger partial charge in [0, 0.05) is 13.0 Å². The van der Waals surface area contributed by atoms with Crippen LogP contribution in [0.25, 0.3) is 0 Å². The highest BCUT2D eigenvalue weighted by atomic mass is 32.2. The average molecular weight is 363 g/mol. The fourth-order valence-electron chi connectivity index (χ4n) is 2.39. The number of carbonyl (C=O) groups excluding carboxylic acids is 1. The van der Waals surface area contributed by atoms with Gasteiger partial charge in [-0.3, -0.25) is 4.79 Å². The van der Waals surface area contributed by atoms with Gasteiger partial charge in [-0.15, -0.1) is 0 Å². The minimum atomic E-state index is -3.42. The Balaban J connectivity index is 1.63. The van der Waals surface area contributed by atoms with Crippen LogP contribution in [0.15, 0.2) is 59.5 Å². The van der Waals surface area contributed by atoms with Gasteiger partial charge in [0.1, 0.15) is 5.82 Å². The fourth-order valence-corrected chi connectivity index (χ4v) is 3.66. The smallest absolute Gasteiger partial charge is 0.221 e. The largest absolute Gasteiger partial charge is 0.356 e. The summed E-state index contributed by atoms with van der Waals surface area (Å²) in [5, 5.41) is 2.74.